The molecule has 2 aliphatic heterocycles. The molecule has 0 aliphatic carbocycles. The van der Waals surface area contributed by atoms with Crippen molar-refractivity contribution in [2.24, 2.45) is 0 Å². The second kappa shape index (κ2) is 3.62. The second-order valence-corrected chi connectivity index (χ2v) is 6.88. The van der Waals surface area contributed by atoms with Crippen molar-refractivity contribution in [3.8, 4) is 0 Å². The molecule has 4 nitrogen and oxygen atoms in total. The van der Waals surface area contributed by atoms with Crippen molar-refractivity contribution in [1.29, 1.82) is 0 Å². The van der Waals surface area contributed by atoms with Crippen LogP contribution in [0.25, 0.3) is 10.9 Å². The molecule has 0 bridgehead atoms. The van der Waals surface area contributed by atoms with Crippen LogP contribution >= 0.6 is 0 Å². The first-order valence-corrected chi connectivity index (χ1v) is 7.47. The third kappa shape index (κ3) is 1.38. The number of ether oxygens (including phenoxy) is 1. The van der Waals surface area contributed by atoms with Crippen LogP contribution in [0.15, 0.2) is 18.2 Å². The maximum absolute atomic E-state index is 12.2. The topological polar surface area (TPSA) is 45.3 Å². The van der Waals surface area contributed by atoms with Gasteiger partial charge in [0.2, 0.25) is 0 Å². The molecular formula is C17H20N2O2. The van der Waals surface area contributed by atoms with Gasteiger partial charge in [0.15, 0.2) is 0 Å². The van der Waals surface area contributed by atoms with Crippen LogP contribution in [0.1, 0.15) is 37.6 Å². The number of rotatable bonds is 0. The van der Waals surface area contributed by atoms with Crippen molar-refractivity contribution in [2.45, 2.75) is 45.3 Å². The number of fused-ring (bicyclic) bond motifs is 5. The van der Waals surface area contributed by atoms with Crippen molar-refractivity contribution >= 4 is 17.0 Å². The van der Waals surface area contributed by atoms with E-state index in [9.17, 15) is 4.79 Å². The van der Waals surface area contributed by atoms with Gasteiger partial charge < -0.3 is 9.72 Å². The average Bonchev–Trinajstić information content (AvgIpc) is 2.85. The number of hydrogen-bond acceptors (Lipinski definition) is 2. The van der Waals surface area contributed by atoms with Crippen LogP contribution in [0, 0.1) is 6.92 Å². The number of H-pyrrole nitrogens is 1. The highest BCUT2D eigenvalue weighted by Gasteiger charge is 2.61. The van der Waals surface area contributed by atoms with Gasteiger partial charge >= 0.3 is 6.09 Å². The highest BCUT2D eigenvalue weighted by Crippen LogP contribution is 2.50. The molecule has 2 aromatic rings. The maximum Gasteiger partial charge on any atom is 0.411 e. The lowest BCUT2D eigenvalue weighted by Gasteiger charge is -2.43. The lowest BCUT2D eigenvalue weighted by molar-refractivity contribution is 0.0172. The van der Waals surface area contributed by atoms with E-state index < -0.39 is 11.1 Å². The molecule has 1 fully saturated rings. The summed E-state index contributed by atoms with van der Waals surface area (Å²) in [4.78, 5) is 17.6. The molecule has 2 aliphatic rings. The molecular weight excluding hydrogens is 264 g/mol. The van der Waals surface area contributed by atoms with E-state index in [0.717, 1.165) is 17.6 Å². The van der Waals surface area contributed by atoms with E-state index in [1.807, 2.05) is 18.7 Å². The predicted octanol–water partition coefficient (Wildman–Crippen LogP) is 3.48. The van der Waals surface area contributed by atoms with Gasteiger partial charge in [-0.25, -0.2) is 4.79 Å². The summed E-state index contributed by atoms with van der Waals surface area (Å²) in [6, 6.07) is 6.47. The fraction of sp³-hybridized carbons (Fsp3) is 0.471. The summed E-state index contributed by atoms with van der Waals surface area (Å²) in [6.45, 7) is 8.93. The zero-order chi connectivity index (χ0) is 15.0. The molecule has 3 heterocycles. The van der Waals surface area contributed by atoms with Gasteiger partial charge in [0, 0.05) is 23.1 Å². The molecule has 1 aromatic carbocycles. The monoisotopic (exact) mass is 284 g/mol. The van der Waals surface area contributed by atoms with Gasteiger partial charge in [-0.15, -0.1) is 0 Å². The van der Waals surface area contributed by atoms with E-state index in [2.05, 4.69) is 37.0 Å². The van der Waals surface area contributed by atoms with Gasteiger partial charge in [-0.2, -0.15) is 0 Å². The van der Waals surface area contributed by atoms with Gasteiger partial charge in [-0.05, 0) is 51.8 Å². The Balaban J connectivity index is 2.03. The van der Waals surface area contributed by atoms with Crippen LogP contribution in [0.4, 0.5) is 4.79 Å². The molecule has 1 saturated heterocycles. The van der Waals surface area contributed by atoms with Crippen LogP contribution in [0.3, 0.4) is 0 Å². The number of hydrogen-bond donors (Lipinski definition) is 1. The van der Waals surface area contributed by atoms with Crippen molar-refractivity contribution in [3.05, 3.63) is 35.0 Å². The third-order valence-corrected chi connectivity index (χ3v) is 5.41. The first kappa shape index (κ1) is 12.7. The highest BCUT2D eigenvalue weighted by molar-refractivity contribution is 5.87. The van der Waals surface area contributed by atoms with E-state index in [4.69, 9.17) is 4.74 Å². The van der Waals surface area contributed by atoms with Crippen molar-refractivity contribution in [3.63, 3.8) is 0 Å². The largest absolute Gasteiger partial charge is 0.440 e. The maximum atomic E-state index is 12.2. The Hall–Kier alpha value is -1.97. The number of aryl methyl sites for hydroxylation is 1. The normalized spacial score (nSPS) is 26.7. The van der Waals surface area contributed by atoms with Crippen LogP contribution in [0.2, 0.25) is 0 Å². The van der Waals surface area contributed by atoms with E-state index in [0.29, 0.717) is 6.54 Å². The molecule has 4 heteroatoms. The molecule has 4 rings (SSSR count). The molecule has 21 heavy (non-hydrogen) atoms. The first-order valence-electron chi connectivity index (χ1n) is 7.47. The van der Waals surface area contributed by atoms with E-state index >= 15 is 0 Å². The molecule has 110 valence electrons. The Bertz CT molecular complexity index is 774. The fourth-order valence-electron chi connectivity index (χ4n) is 3.89. The van der Waals surface area contributed by atoms with E-state index in [-0.39, 0.29) is 6.09 Å². The standard InChI is InChI=1S/C17H20N2O2/c1-10-5-6-13-12(9-10)11-7-8-19-15(20)21-16(2,3)17(19,4)14(11)18-13/h5-6,9,18H,7-8H2,1-4H3/t17-/m1/s1. The number of cyclic esters (lactones) is 1. The smallest absolute Gasteiger partial charge is 0.411 e. The molecule has 1 aromatic heterocycles. The molecule has 0 spiro atoms. The molecule has 0 saturated carbocycles. The van der Waals surface area contributed by atoms with Crippen molar-refractivity contribution < 1.29 is 9.53 Å². The number of aromatic amines is 1. The highest BCUT2D eigenvalue weighted by atomic mass is 16.6. The van der Waals surface area contributed by atoms with E-state index in [1.165, 1.54) is 16.5 Å². The van der Waals surface area contributed by atoms with Gasteiger partial charge in [0.25, 0.3) is 0 Å². The Morgan fingerprint density at radius 3 is 2.81 bits per heavy atom. The number of carbonyl (C=O) groups excluding carboxylic acids is 1. The molecule has 0 radical (unpaired) electrons. The van der Waals surface area contributed by atoms with Crippen LogP contribution in [-0.2, 0) is 16.7 Å². The summed E-state index contributed by atoms with van der Waals surface area (Å²) in [5, 5.41) is 1.28. The Morgan fingerprint density at radius 1 is 1.29 bits per heavy atom. The van der Waals surface area contributed by atoms with Crippen molar-refractivity contribution in [2.75, 3.05) is 6.54 Å². The number of nitrogens with zero attached hydrogens (tertiary/aromatic N) is 1. The first-order chi connectivity index (χ1) is 9.84. The molecule has 0 unspecified atom stereocenters. The average molecular weight is 284 g/mol. The number of carbonyl (C=O) groups is 1. The zero-order valence-electron chi connectivity index (χ0n) is 12.9. The summed E-state index contributed by atoms with van der Waals surface area (Å²) < 4.78 is 5.64. The Kier molecular flexibility index (Phi) is 2.19. The van der Waals surface area contributed by atoms with E-state index in [1.54, 1.807) is 0 Å². The summed E-state index contributed by atoms with van der Waals surface area (Å²) in [5.74, 6) is 0. The number of benzene rings is 1. The molecule has 1 atom stereocenters. The fourth-order valence-corrected chi connectivity index (χ4v) is 3.89. The summed E-state index contributed by atoms with van der Waals surface area (Å²) in [7, 11) is 0. The minimum absolute atomic E-state index is 0.206. The number of aromatic nitrogens is 1. The third-order valence-electron chi connectivity index (χ3n) is 5.41. The van der Waals surface area contributed by atoms with Gasteiger partial charge in [0.1, 0.15) is 11.1 Å². The quantitative estimate of drug-likeness (QED) is 0.805. The second-order valence-electron chi connectivity index (χ2n) is 6.88. The minimum Gasteiger partial charge on any atom is -0.440 e. The van der Waals surface area contributed by atoms with Crippen LogP contribution in [0.5, 0.6) is 0 Å². The lowest BCUT2D eigenvalue weighted by Crippen LogP contribution is -2.54. The SMILES string of the molecule is Cc1ccc2[nH]c3c(c2c1)CCN1C(=O)OC(C)(C)[C@@]31C. The molecule has 1 amide bonds. The summed E-state index contributed by atoms with van der Waals surface area (Å²) in [5.41, 5.74) is 3.88. The Morgan fingerprint density at radius 2 is 2.05 bits per heavy atom. The lowest BCUT2D eigenvalue weighted by atomic mass is 9.76. The zero-order valence-corrected chi connectivity index (χ0v) is 12.9. The molecule has 1 N–H and O–H groups in total. The van der Waals surface area contributed by atoms with Crippen molar-refractivity contribution in [1.82, 2.24) is 9.88 Å². The number of amides is 1. The van der Waals surface area contributed by atoms with Crippen LogP contribution in [-0.4, -0.2) is 28.1 Å². The predicted molar refractivity (Wildman–Crippen MR) is 81.4 cm³/mol. The van der Waals surface area contributed by atoms with Crippen LogP contribution < -0.4 is 0 Å². The van der Waals surface area contributed by atoms with Gasteiger partial charge in [-0.3, -0.25) is 4.90 Å². The summed E-state index contributed by atoms with van der Waals surface area (Å²) >= 11 is 0. The minimum atomic E-state index is -0.546. The van der Waals surface area contributed by atoms with Gasteiger partial charge in [0.05, 0.1) is 0 Å². The number of nitrogens with one attached hydrogen (secondary N) is 1. The Labute approximate surface area is 124 Å². The summed E-state index contributed by atoms with van der Waals surface area (Å²) in [6.07, 6.45) is 0.669. The van der Waals surface area contributed by atoms with Gasteiger partial charge in [-0.1, -0.05) is 11.6 Å².